The van der Waals surface area contributed by atoms with Crippen molar-refractivity contribution >= 4 is 16.1 Å². The molecule has 0 unspecified atom stereocenters. The number of rotatable bonds is 5. The van der Waals surface area contributed by atoms with Gasteiger partial charge in [-0.15, -0.1) is 0 Å². The highest BCUT2D eigenvalue weighted by Gasteiger charge is 2.61. The average Bonchev–Trinajstić information content (AvgIpc) is 3.48. The lowest BCUT2D eigenvalue weighted by Crippen LogP contribution is -2.51. The first-order valence-corrected chi connectivity index (χ1v) is 11.8. The van der Waals surface area contributed by atoms with Crippen LogP contribution in [0, 0.1) is 11.2 Å². The predicted molar refractivity (Wildman–Crippen MR) is 119 cm³/mol. The van der Waals surface area contributed by atoms with E-state index in [1.54, 1.807) is 42.5 Å². The average molecular weight is 452 g/mol. The molecule has 1 saturated carbocycles. The quantitative estimate of drug-likeness (QED) is 0.760. The summed E-state index contributed by atoms with van der Waals surface area (Å²) in [6.45, 7) is -6.60. The van der Waals surface area contributed by atoms with Crippen LogP contribution >= 0.6 is 0 Å². The molecular weight excluding hydrogens is 417 g/mol. The number of benzene rings is 2. The van der Waals surface area contributed by atoms with Crippen LogP contribution < -0.4 is 4.72 Å². The molecular formula is C23H28FN3O3S. The monoisotopic (exact) mass is 451 g/mol. The van der Waals surface area contributed by atoms with E-state index in [0.29, 0.717) is 24.0 Å². The van der Waals surface area contributed by atoms with E-state index < -0.39 is 53.3 Å². The van der Waals surface area contributed by atoms with Crippen molar-refractivity contribution in [2.75, 3.05) is 26.8 Å². The van der Waals surface area contributed by atoms with Gasteiger partial charge < -0.3 is 9.80 Å². The number of nitrogens with one attached hydrogen (secondary N) is 1. The molecule has 8 heteroatoms. The maximum atomic E-state index is 15.7. The van der Waals surface area contributed by atoms with Crippen molar-refractivity contribution in [3.05, 3.63) is 59.9 Å². The van der Waals surface area contributed by atoms with Crippen LogP contribution in [0.3, 0.4) is 0 Å². The summed E-state index contributed by atoms with van der Waals surface area (Å²) in [6, 6.07) is 10.4. The lowest BCUT2D eigenvalue weighted by molar-refractivity contribution is 0.162. The fourth-order valence-electron chi connectivity index (χ4n) is 4.58. The van der Waals surface area contributed by atoms with E-state index in [-0.39, 0.29) is 23.4 Å². The Balaban J connectivity index is 1.78. The number of amides is 2. The molecule has 0 bridgehead atoms. The van der Waals surface area contributed by atoms with Crippen LogP contribution in [0.25, 0.3) is 11.1 Å². The first-order chi connectivity index (χ1) is 17.0. The maximum absolute atomic E-state index is 15.7. The summed E-state index contributed by atoms with van der Waals surface area (Å²) in [7, 11) is -3.77. The lowest BCUT2D eigenvalue weighted by atomic mass is 9.91. The Morgan fingerprint density at radius 3 is 2.55 bits per heavy atom. The van der Waals surface area contributed by atoms with E-state index in [2.05, 4.69) is 4.72 Å². The molecule has 1 aliphatic carbocycles. The zero-order chi connectivity index (χ0) is 27.4. The third kappa shape index (κ3) is 4.32. The lowest BCUT2D eigenvalue weighted by Gasteiger charge is -2.31. The first kappa shape index (κ1) is 15.4. The van der Waals surface area contributed by atoms with Gasteiger partial charge in [0.1, 0.15) is 5.82 Å². The van der Waals surface area contributed by atoms with Crippen LogP contribution in [0.15, 0.2) is 48.5 Å². The van der Waals surface area contributed by atoms with Gasteiger partial charge >= 0.3 is 6.03 Å². The largest absolute Gasteiger partial charge is 0.331 e. The Morgan fingerprint density at radius 1 is 1.23 bits per heavy atom. The van der Waals surface area contributed by atoms with Crippen LogP contribution in [0.5, 0.6) is 0 Å². The minimum absolute atomic E-state index is 0.0493. The molecule has 31 heavy (non-hydrogen) atoms. The van der Waals surface area contributed by atoms with Gasteiger partial charge in [-0.3, -0.25) is 0 Å². The highest BCUT2D eigenvalue weighted by molar-refractivity contribution is 7.88. The van der Waals surface area contributed by atoms with Crippen molar-refractivity contribution < 1.29 is 25.8 Å². The smallest absolute Gasteiger partial charge is 0.319 e. The Labute approximate surface area is 191 Å². The van der Waals surface area contributed by atoms with E-state index in [1.807, 2.05) is 0 Å². The number of urea groups is 1. The van der Waals surface area contributed by atoms with Crippen molar-refractivity contribution in [3.8, 4) is 11.1 Å². The van der Waals surface area contributed by atoms with Crippen molar-refractivity contribution in [1.82, 2.24) is 14.5 Å². The molecule has 1 heterocycles. The normalized spacial score (nSPS) is 25.7. The zero-order valence-corrected chi connectivity index (χ0v) is 17.8. The summed E-state index contributed by atoms with van der Waals surface area (Å²) in [6.07, 6.45) is 1.92. The van der Waals surface area contributed by atoms with Crippen molar-refractivity contribution in [1.29, 1.82) is 0 Å². The van der Waals surface area contributed by atoms with E-state index in [0.717, 1.165) is 11.2 Å². The number of hydrogen-bond acceptors (Lipinski definition) is 3. The fraction of sp³-hybridized carbons (Fsp3) is 0.435. The van der Waals surface area contributed by atoms with E-state index in [1.165, 1.54) is 6.07 Å². The number of likely N-dealkylation sites (tertiary alicyclic amines) is 1. The molecule has 0 radical (unpaired) electrons. The molecule has 166 valence electrons. The van der Waals surface area contributed by atoms with Crippen LogP contribution in [-0.2, 0) is 16.4 Å². The molecule has 2 aromatic rings. The Morgan fingerprint density at radius 2 is 1.94 bits per heavy atom. The topological polar surface area (TPSA) is 69.7 Å². The minimum Gasteiger partial charge on any atom is -0.331 e. The van der Waals surface area contributed by atoms with Gasteiger partial charge in [0, 0.05) is 45.7 Å². The fourth-order valence-corrected chi connectivity index (χ4v) is 5.44. The molecule has 2 aromatic carbocycles. The van der Waals surface area contributed by atoms with Crippen molar-refractivity contribution in [2.45, 2.75) is 31.3 Å². The summed E-state index contributed by atoms with van der Waals surface area (Å²) in [4.78, 5) is 14.5. The molecule has 1 N–H and O–H groups in total. The second-order valence-electron chi connectivity index (χ2n) is 8.39. The summed E-state index contributed by atoms with van der Waals surface area (Å²) in [5.41, 5.74) is 0.443. The molecule has 2 atom stereocenters. The van der Waals surface area contributed by atoms with Crippen molar-refractivity contribution in [2.24, 2.45) is 5.41 Å². The van der Waals surface area contributed by atoms with Gasteiger partial charge in [-0.25, -0.2) is 22.3 Å². The van der Waals surface area contributed by atoms with Gasteiger partial charge in [0.25, 0.3) is 0 Å². The summed E-state index contributed by atoms with van der Waals surface area (Å²) in [5.74, 6) is -0.556. The molecule has 2 fully saturated rings. The number of hydrogen-bond donors (Lipinski definition) is 1. The van der Waals surface area contributed by atoms with Crippen molar-refractivity contribution in [3.63, 3.8) is 0 Å². The molecule has 1 saturated heterocycles. The van der Waals surface area contributed by atoms with Gasteiger partial charge in [0.2, 0.25) is 10.0 Å². The van der Waals surface area contributed by atoms with Gasteiger partial charge in [0.15, 0.2) is 0 Å². The molecule has 1 spiro atoms. The Bertz CT molecular complexity index is 1270. The Hall–Kier alpha value is -2.45. The third-order valence-electron chi connectivity index (χ3n) is 6.19. The van der Waals surface area contributed by atoms with Gasteiger partial charge in [-0.05, 0) is 30.4 Å². The predicted octanol–water partition coefficient (Wildman–Crippen LogP) is 3.10. The molecule has 6 nitrogen and oxygen atoms in total. The highest BCUT2D eigenvalue weighted by Crippen LogP contribution is 2.55. The van der Waals surface area contributed by atoms with E-state index in [4.69, 9.17) is 8.22 Å². The summed E-state index contributed by atoms with van der Waals surface area (Å²) < 4.78 is 88.8. The molecule has 2 aliphatic rings. The number of sulfonamides is 1. The maximum Gasteiger partial charge on any atom is 0.319 e. The van der Waals surface area contributed by atoms with E-state index in [9.17, 15) is 13.2 Å². The second kappa shape index (κ2) is 7.91. The van der Waals surface area contributed by atoms with Crippen LogP contribution in [0.4, 0.5) is 9.18 Å². The highest BCUT2D eigenvalue weighted by atomic mass is 32.2. The standard InChI is InChI=1S/C23H28FN3O3S/c1-26(2)22(28)27-15-23(12-13-23)21(25-31(3,29)30)19(27)14-17-10-7-11-18(20(17)24)16-8-5-4-6-9-16/h4-11,19,21,25H,12-15H2,1-3H3/t19-,21+/m0/s1/i1D3,2D3. The van der Waals surface area contributed by atoms with E-state index >= 15 is 4.39 Å². The van der Waals surface area contributed by atoms with Gasteiger partial charge in [-0.2, -0.15) is 0 Å². The van der Waals surface area contributed by atoms with Gasteiger partial charge in [-0.1, -0.05) is 48.5 Å². The molecule has 4 rings (SSSR count). The van der Waals surface area contributed by atoms with Gasteiger partial charge in [0.05, 0.1) is 12.3 Å². The third-order valence-corrected chi connectivity index (χ3v) is 6.87. The number of halogens is 1. The Kier molecular flexibility index (Phi) is 3.92. The summed E-state index contributed by atoms with van der Waals surface area (Å²) in [5, 5.41) is 0. The SMILES string of the molecule is [2H]C([2H])([2H])N(C(=O)N1CC2(CC2)[C@H](NS(C)(=O)=O)[C@@H]1Cc1cccc(-c2ccccc2)c1F)C([2H])([2H])[2H]. The molecule has 2 amide bonds. The zero-order valence-electron chi connectivity index (χ0n) is 23.0. The second-order valence-corrected chi connectivity index (χ2v) is 10.2. The van der Waals surface area contributed by atoms with Crippen LogP contribution in [0.2, 0.25) is 0 Å². The number of nitrogens with zero attached hydrogens (tertiary/aromatic N) is 2. The molecule has 1 aliphatic heterocycles. The molecule has 0 aromatic heterocycles. The number of carbonyl (C=O) groups is 1. The van der Waals surface area contributed by atoms with Crippen LogP contribution in [0.1, 0.15) is 26.6 Å². The number of carbonyl (C=O) groups excluding carboxylic acids is 1. The first-order valence-electron chi connectivity index (χ1n) is 12.9. The minimum atomic E-state index is -3.77. The van der Waals surface area contributed by atoms with Crippen LogP contribution in [-0.4, -0.2) is 63.1 Å². The summed E-state index contributed by atoms with van der Waals surface area (Å²) >= 11 is 0.